The van der Waals surface area contributed by atoms with Crippen molar-refractivity contribution in [3.63, 3.8) is 0 Å². The average Bonchev–Trinajstić information content (AvgIpc) is 2.75. The van der Waals surface area contributed by atoms with Crippen molar-refractivity contribution in [3.8, 4) is 5.75 Å². The van der Waals surface area contributed by atoms with Gasteiger partial charge in [0.1, 0.15) is 17.3 Å². The van der Waals surface area contributed by atoms with Crippen LogP contribution in [-0.2, 0) is 30.9 Å². The molecule has 156 valence electrons. The Morgan fingerprint density at radius 1 is 1.14 bits per heavy atom. The predicted octanol–water partition coefficient (Wildman–Crippen LogP) is 1.87. The van der Waals surface area contributed by atoms with Gasteiger partial charge in [-0.1, -0.05) is 30.3 Å². The first-order valence-corrected chi connectivity index (χ1v) is 10.6. The topological polar surface area (TPSA) is 94.2 Å². The molecule has 1 amide bonds. The van der Waals surface area contributed by atoms with E-state index in [-0.39, 0.29) is 36.2 Å². The van der Waals surface area contributed by atoms with E-state index in [4.69, 9.17) is 14.2 Å². The van der Waals surface area contributed by atoms with Gasteiger partial charge in [0.15, 0.2) is 0 Å². The summed E-state index contributed by atoms with van der Waals surface area (Å²) in [6.45, 7) is 1.40. The minimum Gasteiger partial charge on any atom is -0.495 e. The summed E-state index contributed by atoms with van der Waals surface area (Å²) in [5, 5.41) is 2.67. The van der Waals surface area contributed by atoms with Crippen LogP contribution >= 0.6 is 0 Å². The van der Waals surface area contributed by atoms with Crippen LogP contribution in [0.1, 0.15) is 5.56 Å². The van der Waals surface area contributed by atoms with E-state index < -0.39 is 10.0 Å². The van der Waals surface area contributed by atoms with E-state index in [1.54, 1.807) is 6.07 Å². The van der Waals surface area contributed by atoms with Crippen LogP contribution in [0.2, 0.25) is 0 Å². The maximum absolute atomic E-state index is 13.0. The molecule has 0 radical (unpaired) electrons. The van der Waals surface area contributed by atoms with E-state index in [0.29, 0.717) is 25.5 Å². The van der Waals surface area contributed by atoms with Crippen LogP contribution in [-0.4, -0.2) is 58.7 Å². The molecule has 1 aliphatic heterocycles. The summed E-state index contributed by atoms with van der Waals surface area (Å²) < 4.78 is 43.2. The highest BCUT2D eigenvalue weighted by Crippen LogP contribution is 2.30. The number of carbonyl (C=O) groups excluding carboxylic acids is 1. The lowest BCUT2D eigenvalue weighted by atomic mass is 10.2. The third kappa shape index (κ3) is 5.54. The van der Waals surface area contributed by atoms with E-state index in [0.717, 1.165) is 5.56 Å². The Morgan fingerprint density at radius 3 is 2.55 bits per heavy atom. The van der Waals surface area contributed by atoms with Gasteiger partial charge >= 0.3 is 0 Å². The summed E-state index contributed by atoms with van der Waals surface area (Å²) in [6.07, 6.45) is 0. The summed E-state index contributed by atoms with van der Waals surface area (Å²) in [6, 6.07) is 14.0. The molecule has 3 rings (SSSR count). The number of hydrogen-bond donors (Lipinski definition) is 1. The summed E-state index contributed by atoms with van der Waals surface area (Å²) in [4.78, 5) is 12.2. The van der Waals surface area contributed by atoms with Crippen LogP contribution < -0.4 is 10.1 Å². The van der Waals surface area contributed by atoms with Crippen molar-refractivity contribution in [2.45, 2.75) is 11.5 Å². The van der Waals surface area contributed by atoms with Crippen LogP contribution in [0.15, 0.2) is 53.4 Å². The van der Waals surface area contributed by atoms with Crippen molar-refractivity contribution in [1.82, 2.24) is 4.31 Å². The Hall–Kier alpha value is -2.46. The zero-order valence-corrected chi connectivity index (χ0v) is 17.0. The molecule has 1 saturated heterocycles. The first kappa shape index (κ1) is 21.3. The highest BCUT2D eigenvalue weighted by Gasteiger charge is 2.29. The van der Waals surface area contributed by atoms with Gasteiger partial charge in [-0.3, -0.25) is 4.79 Å². The number of rotatable bonds is 8. The number of anilines is 1. The molecule has 1 fully saturated rings. The van der Waals surface area contributed by atoms with Gasteiger partial charge in [-0.15, -0.1) is 0 Å². The zero-order chi connectivity index (χ0) is 20.7. The molecule has 0 unspecified atom stereocenters. The van der Waals surface area contributed by atoms with Crippen molar-refractivity contribution in [3.05, 3.63) is 54.1 Å². The molecule has 0 aromatic heterocycles. The molecule has 1 aliphatic rings. The molecule has 0 spiro atoms. The van der Waals surface area contributed by atoms with Crippen LogP contribution in [0.3, 0.4) is 0 Å². The highest BCUT2D eigenvalue weighted by atomic mass is 32.2. The van der Waals surface area contributed by atoms with Crippen molar-refractivity contribution >= 4 is 21.6 Å². The number of nitrogens with zero attached hydrogens (tertiary/aromatic N) is 1. The maximum atomic E-state index is 13.0. The molecular weight excluding hydrogens is 396 g/mol. The molecule has 0 saturated carbocycles. The maximum Gasteiger partial charge on any atom is 0.250 e. The Morgan fingerprint density at radius 2 is 1.86 bits per heavy atom. The van der Waals surface area contributed by atoms with Gasteiger partial charge in [0.2, 0.25) is 15.9 Å². The number of ether oxygens (including phenoxy) is 3. The third-order valence-electron chi connectivity index (χ3n) is 4.38. The van der Waals surface area contributed by atoms with E-state index in [1.807, 2.05) is 30.3 Å². The zero-order valence-electron chi connectivity index (χ0n) is 16.2. The number of methoxy groups -OCH3 is 1. The van der Waals surface area contributed by atoms with Crippen molar-refractivity contribution in [2.24, 2.45) is 0 Å². The van der Waals surface area contributed by atoms with Crippen molar-refractivity contribution < 1.29 is 27.4 Å². The fourth-order valence-corrected chi connectivity index (χ4v) is 4.50. The number of amides is 1. The number of sulfonamides is 1. The van der Waals surface area contributed by atoms with Crippen molar-refractivity contribution in [1.29, 1.82) is 0 Å². The molecular formula is C20H24N2O6S. The van der Waals surface area contributed by atoms with Crippen molar-refractivity contribution in [2.75, 3.05) is 45.3 Å². The second-order valence-corrected chi connectivity index (χ2v) is 8.32. The van der Waals surface area contributed by atoms with E-state index >= 15 is 0 Å². The quantitative estimate of drug-likeness (QED) is 0.701. The molecule has 29 heavy (non-hydrogen) atoms. The Bertz CT molecular complexity index is 927. The van der Waals surface area contributed by atoms with Crippen LogP contribution in [0.25, 0.3) is 0 Å². The van der Waals surface area contributed by atoms with Gasteiger partial charge in [0.25, 0.3) is 0 Å². The van der Waals surface area contributed by atoms with E-state index in [1.165, 1.54) is 23.5 Å². The summed E-state index contributed by atoms with van der Waals surface area (Å²) in [5.74, 6) is -0.157. The first-order chi connectivity index (χ1) is 14.0. The largest absolute Gasteiger partial charge is 0.495 e. The SMILES string of the molecule is COc1ccc(NC(=O)COCc2ccccc2)cc1S(=O)(=O)N1CCOCC1. The van der Waals surface area contributed by atoms with Crippen LogP contribution in [0, 0.1) is 0 Å². The highest BCUT2D eigenvalue weighted by molar-refractivity contribution is 7.89. The lowest BCUT2D eigenvalue weighted by Gasteiger charge is -2.26. The monoisotopic (exact) mass is 420 g/mol. The molecule has 2 aromatic rings. The van der Waals surface area contributed by atoms with Gasteiger partial charge in [0.05, 0.1) is 26.9 Å². The molecule has 1 heterocycles. The minimum atomic E-state index is -3.77. The third-order valence-corrected chi connectivity index (χ3v) is 6.30. The molecule has 0 bridgehead atoms. The molecule has 9 heteroatoms. The molecule has 0 aliphatic carbocycles. The van der Waals surface area contributed by atoms with Gasteiger partial charge < -0.3 is 19.5 Å². The summed E-state index contributed by atoms with van der Waals surface area (Å²) in [5.41, 5.74) is 1.31. The second kappa shape index (κ2) is 9.84. The molecule has 1 N–H and O–H groups in total. The van der Waals surface area contributed by atoms with E-state index in [9.17, 15) is 13.2 Å². The van der Waals surface area contributed by atoms with Crippen LogP contribution in [0.5, 0.6) is 5.75 Å². The van der Waals surface area contributed by atoms with Gasteiger partial charge in [-0.05, 0) is 23.8 Å². The standard InChI is InChI=1S/C20H24N2O6S/c1-26-18-8-7-17(13-19(18)29(24,25)22-9-11-27-12-10-22)21-20(23)15-28-14-16-5-3-2-4-6-16/h2-8,13H,9-12,14-15H2,1H3,(H,21,23). The normalized spacial score (nSPS) is 15.1. The molecule has 2 aromatic carbocycles. The minimum absolute atomic E-state index is 0.00454. The van der Waals surface area contributed by atoms with Gasteiger partial charge in [0, 0.05) is 18.8 Å². The summed E-state index contributed by atoms with van der Waals surface area (Å²) >= 11 is 0. The smallest absolute Gasteiger partial charge is 0.250 e. The Kier molecular flexibility index (Phi) is 7.21. The molecule has 8 nitrogen and oxygen atoms in total. The Balaban J connectivity index is 1.67. The first-order valence-electron chi connectivity index (χ1n) is 9.18. The Labute approximate surface area is 170 Å². The fourth-order valence-electron chi connectivity index (χ4n) is 2.91. The lowest BCUT2D eigenvalue weighted by molar-refractivity contribution is -0.121. The molecule has 0 atom stereocenters. The van der Waals surface area contributed by atoms with Gasteiger partial charge in [-0.2, -0.15) is 4.31 Å². The number of nitrogens with one attached hydrogen (secondary N) is 1. The van der Waals surface area contributed by atoms with Gasteiger partial charge in [-0.25, -0.2) is 8.42 Å². The fraction of sp³-hybridized carbons (Fsp3) is 0.350. The number of hydrogen-bond acceptors (Lipinski definition) is 6. The van der Waals surface area contributed by atoms with Crippen LogP contribution in [0.4, 0.5) is 5.69 Å². The second-order valence-electron chi connectivity index (χ2n) is 6.41. The number of carbonyl (C=O) groups is 1. The lowest BCUT2D eigenvalue weighted by Crippen LogP contribution is -2.40. The average molecular weight is 420 g/mol. The summed E-state index contributed by atoms with van der Waals surface area (Å²) in [7, 11) is -2.36. The number of benzene rings is 2. The predicted molar refractivity (Wildman–Crippen MR) is 107 cm³/mol. The van der Waals surface area contributed by atoms with E-state index in [2.05, 4.69) is 5.32 Å². The number of morpholine rings is 1.